The molecule has 0 radical (unpaired) electrons. The van der Waals surface area contributed by atoms with Crippen molar-refractivity contribution < 1.29 is 30.6 Å². The predicted molar refractivity (Wildman–Crippen MR) is 74.4 cm³/mol. The number of hydrogen-bond acceptors (Lipinski definition) is 2. The Bertz CT molecular complexity index is 548. The van der Waals surface area contributed by atoms with Crippen LogP contribution in [0.25, 0.3) is 0 Å². The Labute approximate surface area is 132 Å². The topological polar surface area (TPSA) is 41.1 Å². The predicted octanol–water partition coefficient (Wildman–Crippen LogP) is 3.87. The summed E-state index contributed by atoms with van der Waals surface area (Å²) in [4.78, 5) is 2.05. The minimum atomic E-state index is -4.78. The average Bonchev–Trinajstić information content (AvgIpc) is 2.35. The van der Waals surface area contributed by atoms with Gasteiger partial charge in [0.2, 0.25) is 0 Å². The fourth-order valence-corrected chi connectivity index (χ4v) is 2.02. The van der Waals surface area contributed by atoms with Crippen molar-refractivity contribution in [1.82, 2.24) is 10.3 Å². The number of nitrogens with one attached hydrogen (secondary N) is 2. The molecule has 0 aromatic heterocycles. The molecule has 0 aliphatic carbocycles. The third kappa shape index (κ3) is 5.78. The molecule has 0 saturated carbocycles. The summed E-state index contributed by atoms with van der Waals surface area (Å²) in [6.45, 7) is 4.66. The third-order valence-corrected chi connectivity index (χ3v) is 4.17. The lowest BCUT2D eigenvalue weighted by molar-refractivity contribution is -0.158. The highest BCUT2D eigenvalue weighted by Gasteiger charge is 2.42. The molecule has 0 spiro atoms. The van der Waals surface area contributed by atoms with E-state index in [2.05, 4.69) is 4.83 Å². The van der Waals surface area contributed by atoms with E-state index in [0.29, 0.717) is 12.1 Å². The summed E-state index contributed by atoms with van der Waals surface area (Å²) in [5, 5.41) is 0. The highest BCUT2D eigenvalue weighted by atomic mass is 32.2. The van der Waals surface area contributed by atoms with Gasteiger partial charge in [0.1, 0.15) is 17.0 Å². The second kappa shape index (κ2) is 6.78. The first-order valence-electron chi connectivity index (χ1n) is 6.40. The molecule has 2 N–H and O–H groups in total. The molecule has 2 atom stereocenters. The van der Waals surface area contributed by atoms with Crippen LogP contribution in [0.3, 0.4) is 0 Å². The van der Waals surface area contributed by atoms with E-state index in [0.717, 1.165) is 12.1 Å². The van der Waals surface area contributed by atoms with Crippen molar-refractivity contribution in [2.24, 2.45) is 0 Å². The van der Waals surface area contributed by atoms with Gasteiger partial charge < -0.3 is 0 Å². The smallest absolute Gasteiger partial charge is 0.241 e. The summed E-state index contributed by atoms with van der Waals surface area (Å²) < 4.78 is 87.5. The van der Waals surface area contributed by atoms with E-state index in [9.17, 15) is 30.6 Å². The van der Waals surface area contributed by atoms with E-state index in [1.54, 1.807) is 20.8 Å². The van der Waals surface area contributed by atoms with Crippen molar-refractivity contribution in [3.63, 3.8) is 0 Å². The maximum atomic E-state index is 13.1. The molecule has 0 bridgehead atoms. The van der Waals surface area contributed by atoms with Crippen LogP contribution < -0.4 is 10.3 Å². The minimum Gasteiger partial charge on any atom is -0.241 e. The lowest BCUT2D eigenvalue weighted by Gasteiger charge is -2.25. The molecule has 1 aromatic carbocycles. The van der Waals surface area contributed by atoms with Gasteiger partial charge in [-0.05, 0) is 38.5 Å². The molecule has 1 aromatic rings. The van der Waals surface area contributed by atoms with E-state index < -0.39 is 45.3 Å². The Balaban J connectivity index is 2.98. The number of hydrogen-bond donors (Lipinski definition) is 2. The summed E-state index contributed by atoms with van der Waals surface area (Å²) in [5.41, 5.74) is 0.409. The molecule has 0 amide bonds. The second-order valence-corrected chi connectivity index (χ2v) is 7.69. The van der Waals surface area contributed by atoms with E-state index in [1.807, 2.05) is 5.43 Å². The standard InChI is InChI=1S/C13H16F6N2OS/c1-11(2,3)23(22)21-20-10(13(17,18)19)8-4-6-9(7-5-8)12(14,15)16/h4-7,10,20-21H,1-3H3/t10-,23?/m1/s1. The second-order valence-electron chi connectivity index (χ2n) is 5.72. The Morgan fingerprint density at radius 1 is 0.957 bits per heavy atom. The highest BCUT2D eigenvalue weighted by molar-refractivity contribution is 7.84. The van der Waals surface area contributed by atoms with Crippen LogP contribution in [-0.2, 0) is 17.2 Å². The van der Waals surface area contributed by atoms with Gasteiger partial charge in [-0.25, -0.2) is 9.63 Å². The van der Waals surface area contributed by atoms with Crippen LogP contribution in [0.5, 0.6) is 0 Å². The van der Waals surface area contributed by atoms with Crippen molar-refractivity contribution in [3.8, 4) is 0 Å². The van der Waals surface area contributed by atoms with Gasteiger partial charge in [0, 0.05) is 0 Å². The first-order chi connectivity index (χ1) is 10.2. The van der Waals surface area contributed by atoms with Crippen molar-refractivity contribution in [1.29, 1.82) is 0 Å². The van der Waals surface area contributed by atoms with Crippen LogP contribution in [0.15, 0.2) is 24.3 Å². The maximum absolute atomic E-state index is 13.1. The van der Waals surface area contributed by atoms with E-state index >= 15 is 0 Å². The molecule has 1 rings (SSSR count). The Morgan fingerprint density at radius 3 is 1.78 bits per heavy atom. The number of benzene rings is 1. The Hall–Kier alpha value is -1.13. The molecule has 0 fully saturated rings. The van der Waals surface area contributed by atoms with Gasteiger partial charge in [0.25, 0.3) is 0 Å². The van der Waals surface area contributed by atoms with Gasteiger partial charge in [-0.3, -0.25) is 0 Å². The zero-order chi connectivity index (χ0) is 18.1. The van der Waals surface area contributed by atoms with Crippen molar-refractivity contribution in [2.45, 2.75) is 43.9 Å². The summed E-state index contributed by atoms with van der Waals surface area (Å²) in [6, 6.07) is 0.300. The van der Waals surface area contributed by atoms with Gasteiger partial charge >= 0.3 is 12.4 Å². The summed E-state index contributed by atoms with van der Waals surface area (Å²) in [7, 11) is -1.83. The van der Waals surface area contributed by atoms with Gasteiger partial charge in [0.05, 0.1) is 10.3 Å². The molecule has 1 unspecified atom stereocenters. The van der Waals surface area contributed by atoms with Crippen LogP contribution >= 0.6 is 0 Å². The molecular weight excluding hydrogens is 346 g/mol. The van der Waals surface area contributed by atoms with E-state index in [-0.39, 0.29) is 0 Å². The zero-order valence-electron chi connectivity index (χ0n) is 12.5. The van der Waals surface area contributed by atoms with Crippen molar-refractivity contribution >= 4 is 11.0 Å². The fourth-order valence-electron chi connectivity index (χ4n) is 1.48. The molecule has 3 nitrogen and oxygen atoms in total. The molecular formula is C13H16F6N2OS. The van der Waals surface area contributed by atoms with Crippen LogP contribution in [0.2, 0.25) is 0 Å². The van der Waals surface area contributed by atoms with Gasteiger partial charge in [-0.1, -0.05) is 12.1 Å². The lowest BCUT2D eigenvalue weighted by atomic mass is 10.0. The van der Waals surface area contributed by atoms with Gasteiger partial charge in [-0.2, -0.15) is 31.2 Å². The largest absolute Gasteiger partial charge is 0.416 e. The quantitative estimate of drug-likeness (QED) is 0.631. The number of halogens is 6. The number of hydrazine groups is 1. The zero-order valence-corrected chi connectivity index (χ0v) is 13.3. The normalized spacial score (nSPS) is 16.2. The third-order valence-electron chi connectivity index (χ3n) is 2.75. The molecule has 23 heavy (non-hydrogen) atoms. The summed E-state index contributed by atoms with van der Waals surface area (Å²) >= 11 is 0. The molecule has 0 saturated heterocycles. The molecule has 10 heteroatoms. The minimum absolute atomic E-state index is 0.427. The molecule has 0 aliphatic rings. The summed E-state index contributed by atoms with van der Waals surface area (Å²) in [5.74, 6) is 0. The average molecular weight is 362 g/mol. The first-order valence-corrected chi connectivity index (χ1v) is 7.55. The molecule has 0 heterocycles. The SMILES string of the molecule is CC(C)(C)S(=O)NN[C@H](c1ccc(C(F)(F)F)cc1)C(F)(F)F. The van der Waals surface area contributed by atoms with Crippen molar-refractivity contribution in [2.75, 3.05) is 0 Å². The van der Waals surface area contributed by atoms with Crippen LogP contribution in [-0.4, -0.2) is 15.1 Å². The van der Waals surface area contributed by atoms with E-state index in [4.69, 9.17) is 0 Å². The number of rotatable bonds is 4. The van der Waals surface area contributed by atoms with Crippen LogP contribution in [0.1, 0.15) is 37.9 Å². The maximum Gasteiger partial charge on any atom is 0.416 e. The molecule has 0 aliphatic heterocycles. The van der Waals surface area contributed by atoms with E-state index in [1.165, 1.54) is 0 Å². The molecule has 132 valence electrons. The summed E-state index contributed by atoms with van der Waals surface area (Å²) in [6.07, 6.45) is -9.42. The van der Waals surface area contributed by atoms with Gasteiger partial charge in [0.15, 0.2) is 0 Å². The van der Waals surface area contributed by atoms with Crippen LogP contribution in [0.4, 0.5) is 26.3 Å². The van der Waals surface area contributed by atoms with Gasteiger partial charge in [-0.15, -0.1) is 0 Å². The van der Waals surface area contributed by atoms with Crippen LogP contribution in [0, 0.1) is 0 Å². The fraction of sp³-hybridized carbons (Fsp3) is 0.538. The number of alkyl halides is 6. The Kier molecular flexibility index (Phi) is 5.87. The highest BCUT2D eigenvalue weighted by Crippen LogP contribution is 2.35. The monoisotopic (exact) mass is 362 g/mol. The Morgan fingerprint density at radius 2 is 1.43 bits per heavy atom. The van der Waals surface area contributed by atoms with Crippen molar-refractivity contribution in [3.05, 3.63) is 35.4 Å². The first kappa shape index (κ1) is 19.9. The lowest BCUT2D eigenvalue weighted by Crippen LogP contribution is -2.47.